The maximum Gasteiger partial charge on any atom is 0.161 e. The normalized spacial score (nSPS) is 53.2. The minimum Gasteiger partial charge on any atom is -0.392 e. The molecule has 6 N–H and O–H groups in total. The van der Waals surface area contributed by atoms with Crippen molar-refractivity contribution in [2.75, 3.05) is 0 Å². The molecular weight excluding hydrogens is 470 g/mol. The Kier molecular flexibility index (Phi) is 6.94. The molecule has 0 spiro atoms. The smallest absolute Gasteiger partial charge is 0.161 e. The van der Waals surface area contributed by atoms with E-state index in [0.717, 1.165) is 12.8 Å². The van der Waals surface area contributed by atoms with Gasteiger partial charge in [0.2, 0.25) is 0 Å². The second-order valence-corrected chi connectivity index (χ2v) is 11.9. The molecule has 0 amide bonds. The molecule has 14 atom stereocenters. The number of fused-ring (bicyclic) bond motifs is 3. The van der Waals surface area contributed by atoms with E-state index in [2.05, 4.69) is 0 Å². The minimum atomic E-state index is -1.82. The highest BCUT2D eigenvalue weighted by molar-refractivity contribution is 6.00. The summed E-state index contributed by atoms with van der Waals surface area (Å²) in [4.78, 5) is 39.6. The molecule has 0 aromatic rings. The van der Waals surface area contributed by atoms with Gasteiger partial charge in [-0.15, -0.1) is 0 Å². The van der Waals surface area contributed by atoms with Crippen LogP contribution in [0.1, 0.15) is 58.8 Å². The average Bonchev–Trinajstić information content (AvgIpc) is 2.82. The predicted molar refractivity (Wildman–Crippen MR) is 124 cm³/mol. The van der Waals surface area contributed by atoms with Crippen molar-refractivity contribution in [3.63, 3.8) is 0 Å². The first kappa shape index (κ1) is 26.3. The number of rotatable bonds is 3. The maximum absolute atomic E-state index is 13.6. The van der Waals surface area contributed by atoms with Gasteiger partial charge in [-0.1, -0.05) is 12.8 Å². The summed E-state index contributed by atoms with van der Waals surface area (Å²) < 4.78 is 12.0. The van der Waals surface area contributed by atoms with Crippen LogP contribution < -0.4 is 5.73 Å². The van der Waals surface area contributed by atoms with Gasteiger partial charge in [0.05, 0.1) is 42.4 Å². The Balaban J connectivity index is 1.48. The van der Waals surface area contributed by atoms with Crippen molar-refractivity contribution in [3.05, 3.63) is 0 Å². The minimum absolute atomic E-state index is 0.135. The van der Waals surface area contributed by atoms with Gasteiger partial charge in [-0.3, -0.25) is 14.4 Å². The first-order valence-corrected chi connectivity index (χ1v) is 13.4. The van der Waals surface area contributed by atoms with Crippen LogP contribution in [-0.2, 0) is 23.9 Å². The summed E-state index contributed by atoms with van der Waals surface area (Å²) in [6.07, 6.45) is -3.09. The summed E-state index contributed by atoms with van der Waals surface area (Å²) in [5, 5.41) is 44.5. The van der Waals surface area contributed by atoms with Gasteiger partial charge in [-0.2, -0.15) is 0 Å². The molecule has 10 nitrogen and oxygen atoms in total. The number of ether oxygens (including phenoxy) is 2. The zero-order chi connectivity index (χ0) is 26.1. The average molecular weight is 510 g/mol. The Hall–Kier alpha value is -1.27. The van der Waals surface area contributed by atoms with Crippen molar-refractivity contribution < 1.29 is 44.3 Å². The summed E-state index contributed by atoms with van der Waals surface area (Å²) in [5.74, 6) is -5.47. The van der Waals surface area contributed by atoms with E-state index in [1.165, 1.54) is 6.92 Å². The number of hydrogen-bond acceptors (Lipinski definition) is 10. The van der Waals surface area contributed by atoms with Gasteiger partial charge in [0.15, 0.2) is 12.1 Å². The number of hydrogen-bond donors (Lipinski definition) is 5. The lowest BCUT2D eigenvalue weighted by molar-refractivity contribution is -0.279. The zero-order valence-electron chi connectivity index (χ0n) is 20.9. The van der Waals surface area contributed by atoms with E-state index in [1.807, 2.05) is 0 Å². The number of nitrogens with two attached hydrogens (primary N) is 1. The summed E-state index contributed by atoms with van der Waals surface area (Å²) in [6, 6.07) is -0.614. The van der Waals surface area contributed by atoms with E-state index in [1.54, 1.807) is 6.92 Å². The third-order valence-corrected chi connectivity index (χ3v) is 9.88. The highest BCUT2D eigenvalue weighted by atomic mass is 16.7. The fraction of sp³-hybridized carbons (Fsp3) is 0.885. The van der Waals surface area contributed by atoms with Gasteiger partial charge in [-0.05, 0) is 39.0 Å². The van der Waals surface area contributed by atoms with Crippen molar-refractivity contribution >= 4 is 17.3 Å². The molecule has 1 heterocycles. The van der Waals surface area contributed by atoms with Crippen LogP contribution in [-0.4, -0.2) is 86.2 Å². The molecule has 4 aliphatic carbocycles. The topological polar surface area (TPSA) is 177 Å². The molecular formula is C26H39NO9. The van der Waals surface area contributed by atoms with E-state index < -0.39 is 89.7 Å². The molecule has 1 aliphatic heterocycles. The molecule has 8 unspecified atom stereocenters. The van der Waals surface area contributed by atoms with E-state index in [0.29, 0.717) is 12.8 Å². The van der Waals surface area contributed by atoms with Gasteiger partial charge in [0.1, 0.15) is 17.2 Å². The van der Waals surface area contributed by atoms with E-state index in [4.69, 9.17) is 15.2 Å². The van der Waals surface area contributed by atoms with Crippen molar-refractivity contribution in [2.24, 2.45) is 41.2 Å². The summed E-state index contributed by atoms with van der Waals surface area (Å²) in [6.45, 7) is 2.92. The second-order valence-electron chi connectivity index (χ2n) is 11.9. The lowest BCUT2D eigenvalue weighted by Gasteiger charge is -2.57. The number of ketones is 3. The van der Waals surface area contributed by atoms with Crippen LogP contribution in [0.15, 0.2) is 0 Å². The Morgan fingerprint density at radius 3 is 2.14 bits per heavy atom. The third-order valence-electron chi connectivity index (χ3n) is 9.88. The summed E-state index contributed by atoms with van der Waals surface area (Å²) >= 11 is 0. The Bertz CT molecular complexity index is 900. The van der Waals surface area contributed by atoms with Crippen LogP contribution in [0.25, 0.3) is 0 Å². The lowest BCUT2D eigenvalue weighted by atomic mass is 9.50. The molecule has 5 rings (SSSR count). The quantitative estimate of drug-likeness (QED) is 0.332. The number of aliphatic hydroxyl groups is 4. The predicted octanol–water partition coefficient (Wildman–Crippen LogP) is -0.533. The van der Waals surface area contributed by atoms with E-state index in [9.17, 15) is 34.8 Å². The first-order chi connectivity index (χ1) is 16.9. The molecule has 10 heteroatoms. The Labute approximate surface area is 210 Å². The van der Waals surface area contributed by atoms with Crippen molar-refractivity contribution in [1.82, 2.24) is 0 Å². The van der Waals surface area contributed by atoms with Gasteiger partial charge >= 0.3 is 0 Å². The number of carbonyl (C=O) groups is 3. The molecule has 5 fully saturated rings. The van der Waals surface area contributed by atoms with Gasteiger partial charge in [-0.25, -0.2) is 0 Å². The SMILES string of the molecule is CC(=O)[C@]1(O)CC2C(O)C3C(=O)C4CCCCC4C(=O)C3C(O)C2[C@@H](O[C@H]2C[C@H](N)[C@@H](O)[C@@H](C)O2)C1. The van der Waals surface area contributed by atoms with Crippen LogP contribution in [0.4, 0.5) is 0 Å². The van der Waals surface area contributed by atoms with Crippen molar-refractivity contribution in [1.29, 1.82) is 0 Å². The number of aliphatic hydroxyl groups excluding tert-OH is 3. The van der Waals surface area contributed by atoms with E-state index in [-0.39, 0.29) is 30.8 Å². The summed E-state index contributed by atoms with van der Waals surface area (Å²) in [5.41, 5.74) is 4.22. The monoisotopic (exact) mass is 509 g/mol. The van der Waals surface area contributed by atoms with Crippen LogP contribution in [0.2, 0.25) is 0 Å². The third kappa shape index (κ3) is 4.09. The molecule has 36 heavy (non-hydrogen) atoms. The molecule has 4 saturated carbocycles. The molecule has 0 aromatic heterocycles. The zero-order valence-corrected chi connectivity index (χ0v) is 20.9. The molecule has 0 bridgehead atoms. The molecule has 5 aliphatic rings. The fourth-order valence-electron chi connectivity index (χ4n) is 7.90. The van der Waals surface area contributed by atoms with Crippen LogP contribution >= 0.6 is 0 Å². The molecule has 0 aromatic carbocycles. The lowest BCUT2D eigenvalue weighted by Crippen LogP contribution is -2.68. The fourth-order valence-corrected chi connectivity index (χ4v) is 7.90. The maximum atomic E-state index is 13.6. The van der Waals surface area contributed by atoms with Crippen LogP contribution in [0.3, 0.4) is 0 Å². The standard InChI is InChI=1S/C26H39NO9/c1-10-21(29)15(27)7-17(35-10)36-16-9-26(34,11(2)28)8-14-18(16)25(33)20-19(24(14)32)22(30)12-5-3-4-6-13(12)23(20)31/h10,12-21,24-25,29,32-34H,3-9,27H2,1-2H3/t10-,12?,13?,14?,15+,16+,17+,18?,19?,20?,21+,24?,25?,26+/m1/s1. The second kappa shape index (κ2) is 9.48. The number of carbonyl (C=O) groups excluding carboxylic acids is 3. The summed E-state index contributed by atoms with van der Waals surface area (Å²) in [7, 11) is 0. The van der Waals surface area contributed by atoms with E-state index >= 15 is 0 Å². The molecule has 0 radical (unpaired) electrons. The molecule has 1 saturated heterocycles. The largest absolute Gasteiger partial charge is 0.392 e. The van der Waals surface area contributed by atoms with Gasteiger partial charge < -0.3 is 35.6 Å². The van der Waals surface area contributed by atoms with Gasteiger partial charge in [0, 0.05) is 36.6 Å². The van der Waals surface area contributed by atoms with Crippen molar-refractivity contribution in [2.45, 2.75) is 107 Å². The number of Topliss-reactive ketones (excluding diaryl/α,β-unsaturated/α-hetero) is 3. The first-order valence-electron chi connectivity index (χ1n) is 13.4. The van der Waals surface area contributed by atoms with Crippen LogP contribution in [0, 0.1) is 35.5 Å². The molecule has 202 valence electrons. The van der Waals surface area contributed by atoms with Crippen LogP contribution in [0.5, 0.6) is 0 Å². The van der Waals surface area contributed by atoms with Gasteiger partial charge in [0.25, 0.3) is 0 Å². The Morgan fingerprint density at radius 1 is 1.00 bits per heavy atom. The highest BCUT2D eigenvalue weighted by Gasteiger charge is 2.65. The highest BCUT2D eigenvalue weighted by Crippen LogP contribution is 2.54. The Morgan fingerprint density at radius 2 is 1.58 bits per heavy atom. The van der Waals surface area contributed by atoms with Crippen molar-refractivity contribution in [3.8, 4) is 0 Å².